The first-order valence-electron chi connectivity index (χ1n) is 6.42. The van der Waals surface area contributed by atoms with Gasteiger partial charge in [0.05, 0.1) is 10.8 Å². The Kier molecular flexibility index (Phi) is 4.01. The zero-order chi connectivity index (χ0) is 14.9. The summed E-state index contributed by atoms with van der Waals surface area (Å²) in [5, 5.41) is 9.08. The predicted molar refractivity (Wildman–Crippen MR) is 74.6 cm³/mol. The van der Waals surface area contributed by atoms with Crippen LogP contribution in [0.1, 0.15) is 19.8 Å². The number of aliphatic carboxylic acids is 1. The number of benzene rings is 1. The lowest BCUT2D eigenvalue weighted by Crippen LogP contribution is -2.47. The molecule has 0 amide bonds. The van der Waals surface area contributed by atoms with Crippen molar-refractivity contribution in [3.05, 3.63) is 24.3 Å². The van der Waals surface area contributed by atoms with E-state index in [1.54, 1.807) is 19.1 Å². The number of piperidine rings is 1. The summed E-state index contributed by atoms with van der Waals surface area (Å²) in [6, 6.07) is 5.84. The largest absolute Gasteiger partial charge is 0.481 e. The molecule has 1 saturated heterocycles. The van der Waals surface area contributed by atoms with Gasteiger partial charge in [0.15, 0.2) is 0 Å². The van der Waals surface area contributed by atoms with Crippen molar-refractivity contribution >= 4 is 21.7 Å². The maximum Gasteiger partial charge on any atom is 0.307 e. The Hall–Kier alpha value is -1.60. The van der Waals surface area contributed by atoms with Crippen molar-refractivity contribution in [2.75, 3.05) is 12.3 Å². The molecule has 0 aliphatic carbocycles. The van der Waals surface area contributed by atoms with Gasteiger partial charge in [-0.2, -0.15) is 4.31 Å². The van der Waals surface area contributed by atoms with E-state index in [4.69, 9.17) is 10.8 Å². The maximum atomic E-state index is 12.6. The van der Waals surface area contributed by atoms with Crippen LogP contribution in [0.15, 0.2) is 29.2 Å². The van der Waals surface area contributed by atoms with Crippen molar-refractivity contribution in [1.82, 2.24) is 4.31 Å². The second-order valence-electron chi connectivity index (χ2n) is 5.11. The lowest BCUT2D eigenvalue weighted by Gasteiger charge is -2.35. The molecule has 0 bridgehead atoms. The lowest BCUT2D eigenvalue weighted by molar-refractivity contribution is -0.143. The van der Waals surface area contributed by atoms with E-state index in [0.717, 1.165) is 0 Å². The second-order valence-corrected chi connectivity index (χ2v) is 7.00. The normalized spacial score (nSPS) is 24.4. The summed E-state index contributed by atoms with van der Waals surface area (Å²) < 4.78 is 26.5. The summed E-state index contributed by atoms with van der Waals surface area (Å²) >= 11 is 0. The molecule has 0 spiro atoms. The molecule has 1 heterocycles. The predicted octanol–water partition coefficient (Wildman–Crippen LogP) is 1.14. The number of hydrogen-bond donors (Lipinski definition) is 2. The fraction of sp³-hybridized carbons (Fsp3) is 0.462. The van der Waals surface area contributed by atoms with E-state index in [1.807, 2.05) is 0 Å². The molecule has 20 heavy (non-hydrogen) atoms. The summed E-state index contributed by atoms with van der Waals surface area (Å²) in [5.74, 6) is -1.60. The summed E-state index contributed by atoms with van der Waals surface area (Å²) in [5.41, 5.74) is 5.98. The van der Waals surface area contributed by atoms with E-state index in [2.05, 4.69) is 0 Å². The third-order valence-corrected chi connectivity index (χ3v) is 5.61. The zero-order valence-electron chi connectivity index (χ0n) is 11.2. The number of nitrogens with zero attached hydrogens (tertiary/aromatic N) is 1. The fourth-order valence-electron chi connectivity index (χ4n) is 2.42. The Bertz CT molecular complexity index is 615. The van der Waals surface area contributed by atoms with Gasteiger partial charge in [0.25, 0.3) is 0 Å². The van der Waals surface area contributed by atoms with Gasteiger partial charge >= 0.3 is 5.97 Å². The SMILES string of the molecule is CC1CCC(C(=O)O)CN1S(=O)(=O)c1cccc(N)c1. The molecule has 2 unspecified atom stereocenters. The Morgan fingerprint density at radius 2 is 2.10 bits per heavy atom. The van der Waals surface area contributed by atoms with Crippen LogP contribution in [0.2, 0.25) is 0 Å². The molecule has 2 rings (SSSR count). The van der Waals surface area contributed by atoms with Crippen LogP contribution in [0.5, 0.6) is 0 Å². The zero-order valence-corrected chi connectivity index (χ0v) is 12.0. The van der Waals surface area contributed by atoms with Gasteiger partial charge in [-0.25, -0.2) is 8.42 Å². The van der Waals surface area contributed by atoms with Crippen molar-refractivity contribution in [1.29, 1.82) is 0 Å². The highest BCUT2D eigenvalue weighted by Gasteiger charge is 2.37. The molecule has 7 heteroatoms. The smallest absolute Gasteiger partial charge is 0.307 e. The van der Waals surface area contributed by atoms with Crippen molar-refractivity contribution in [2.45, 2.75) is 30.7 Å². The number of rotatable bonds is 3. The number of nitrogen functional groups attached to an aromatic ring is 1. The molecule has 0 saturated carbocycles. The van der Waals surface area contributed by atoms with E-state index >= 15 is 0 Å². The minimum absolute atomic E-state index is 0.00757. The second kappa shape index (κ2) is 5.41. The number of nitrogens with two attached hydrogens (primary N) is 1. The molecule has 1 aliphatic rings. The molecule has 1 aromatic carbocycles. The van der Waals surface area contributed by atoms with E-state index < -0.39 is 21.9 Å². The van der Waals surface area contributed by atoms with E-state index in [-0.39, 0.29) is 17.5 Å². The van der Waals surface area contributed by atoms with Crippen LogP contribution in [0.4, 0.5) is 5.69 Å². The molecule has 110 valence electrons. The summed E-state index contributed by atoms with van der Waals surface area (Å²) in [7, 11) is -3.71. The quantitative estimate of drug-likeness (QED) is 0.815. The molecule has 3 N–H and O–H groups in total. The molecular formula is C13H18N2O4S. The molecule has 0 aromatic heterocycles. The molecule has 1 fully saturated rings. The Labute approximate surface area is 118 Å². The first-order valence-corrected chi connectivity index (χ1v) is 7.86. The Morgan fingerprint density at radius 3 is 2.70 bits per heavy atom. The third kappa shape index (κ3) is 2.78. The first-order chi connectivity index (χ1) is 9.32. The summed E-state index contributed by atoms with van der Waals surface area (Å²) in [4.78, 5) is 11.2. The monoisotopic (exact) mass is 298 g/mol. The summed E-state index contributed by atoms with van der Waals surface area (Å²) in [6.07, 6.45) is 1.04. The Morgan fingerprint density at radius 1 is 1.40 bits per heavy atom. The highest BCUT2D eigenvalue weighted by atomic mass is 32.2. The topological polar surface area (TPSA) is 101 Å². The number of carboxylic acid groups (broad SMARTS) is 1. The first kappa shape index (κ1) is 14.8. The van der Waals surface area contributed by atoms with Crippen LogP contribution in [-0.4, -0.2) is 36.4 Å². The van der Waals surface area contributed by atoms with Gasteiger partial charge in [-0.05, 0) is 38.0 Å². The number of anilines is 1. The van der Waals surface area contributed by atoms with E-state index in [9.17, 15) is 13.2 Å². The van der Waals surface area contributed by atoms with Gasteiger partial charge < -0.3 is 10.8 Å². The van der Waals surface area contributed by atoms with Crippen LogP contribution >= 0.6 is 0 Å². The van der Waals surface area contributed by atoms with Gasteiger partial charge in [-0.3, -0.25) is 4.79 Å². The minimum Gasteiger partial charge on any atom is -0.481 e. The molecule has 1 aliphatic heterocycles. The fourth-order valence-corrected chi connectivity index (χ4v) is 4.18. The van der Waals surface area contributed by atoms with Crippen LogP contribution in [0, 0.1) is 5.92 Å². The van der Waals surface area contributed by atoms with Crippen LogP contribution < -0.4 is 5.73 Å². The van der Waals surface area contributed by atoms with Gasteiger partial charge in [0.2, 0.25) is 10.0 Å². The number of hydrogen-bond acceptors (Lipinski definition) is 4. The van der Waals surface area contributed by atoms with Gasteiger partial charge in [-0.1, -0.05) is 6.07 Å². The molecule has 2 atom stereocenters. The average Bonchev–Trinajstić information content (AvgIpc) is 2.38. The molecule has 6 nitrogen and oxygen atoms in total. The van der Waals surface area contributed by atoms with Crippen molar-refractivity contribution in [3.8, 4) is 0 Å². The molecule has 1 aromatic rings. The molecular weight excluding hydrogens is 280 g/mol. The van der Waals surface area contributed by atoms with Gasteiger partial charge in [-0.15, -0.1) is 0 Å². The van der Waals surface area contributed by atoms with Gasteiger partial charge in [0.1, 0.15) is 0 Å². The third-order valence-electron chi connectivity index (χ3n) is 3.64. The van der Waals surface area contributed by atoms with Crippen LogP contribution in [0.25, 0.3) is 0 Å². The summed E-state index contributed by atoms with van der Waals surface area (Å²) in [6.45, 7) is 1.80. The molecule has 0 radical (unpaired) electrons. The van der Waals surface area contributed by atoms with Crippen molar-refractivity contribution in [2.24, 2.45) is 5.92 Å². The van der Waals surface area contributed by atoms with Crippen molar-refractivity contribution < 1.29 is 18.3 Å². The Balaban J connectivity index is 2.34. The minimum atomic E-state index is -3.71. The lowest BCUT2D eigenvalue weighted by atomic mass is 9.96. The number of carbonyl (C=O) groups is 1. The van der Waals surface area contributed by atoms with Gasteiger partial charge in [0, 0.05) is 18.3 Å². The number of carboxylic acids is 1. The van der Waals surface area contributed by atoms with Crippen LogP contribution in [-0.2, 0) is 14.8 Å². The van der Waals surface area contributed by atoms with Crippen LogP contribution in [0.3, 0.4) is 0 Å². The average molecular weight is 298 g/mol. The van der Waals surface area contributed by atoms with Crippen molar-refractivity contribution in [3.63, 3.8) is 0 Å². The highest BCUT2D eigenvalue weighted by Crippen LogP contribution is 2.28. The highest BCUT2D eigenvalue weighted by molar-refractivity contribution is 7.89. The number of sulfonamides is 1. The van der Waals surface area contributed by atoms with E-state index in [0.29, 0.717) is 18.5 Å². The maximum absolute atomic E-state index is 12.6. The standard InChI is InChI=1S/C13H18N2O4S/c1-9-5-6-10(13(16)17)8-15(9)20(18,19)12-4-2-3-11(14)7-12/h2-4,7,9-10H,5-6,8,14H2,1H3,(H,16,17). The van der Waals surface area contributed by atoms with E-state index in [1.165, 1.54) is 16.4 Å².